The standard InChI is InChI=1S/C11H15NO2/c1-8(13)14-10-7-9(5-6-12-10)11(2,3)4/h5-7H,1-4H3. The van der Waals surface area contributed by atoms with E-state index >= 15 is 0 Å². The summed E-state index contributed by atoms with van der Waals surface area (Å²) in [5.74, 6) is 0.0217. The van der Waals surface area contributed by atoms with Gasteiger partial charge in [0.15, 0.2) is 0 Å². The Balaban J connectivity index is 2.95. The van der Waals surface area contributed by atoms with Crippen LogP contribution in [0, 0.1) is 0 Å². The summed E-state index contributed by atoms with van der Waals surface area (Å²) in [5, 5.41) is 0. The first-order valence-electron chi connectivity index (χ1n) is 4.54. The van der Waals surface area contributed by atoms with E-state index in [2.05, 4.69) is 25.8 Å². The number of esters is 1. The lowest BCUT2D eigenvalue weighted by Gasteiger charge is -2.18. The molecule has 1 aromatic heterocycles. The molecule has 0 fully saturated rings. The molecule has 0 aliphatic rings. The van der Waals surface area contributed by atoms with Gasteiger partial charge in [-0.15, -0.1) is 0 Å². The average Bonchev–Trinajstić information content (AvgIpc) is 2.01. The van der Waals surface area contributed by atoms with Gasteiger partial charge in [0, 0.05) is 19.2 Å². The predicted molar refractivity (Wildman–Crippen MR) is 54.2 cm³/mol. The van der Waals surface area contributed by atoms with Crippen LogP contribution in [0.3, 0.4) is 0 Å². The van der Waals surface area contributed by atoms with Crippen molar-refractivity contribution in [3.05, 3.63) is 23.9 Å². The number of rotatable bonds is 1. The van der Waals surface area contributed by atoms with E-state index in [0.717, 1.165) is 5.56 Å². The number of hydrogen-bond acceptors (Lipinski definition) is 3. The molecule has 1 heterocycles. The molecule has 1 rings (SSSR count). The number of carbonyl (C=O) groups excluding carboxylic acids is 1. The Hall–Kier alpha value is -1.38. The van der Waals surface area contributed by atoms with Crippen LogP contribution < -0.4 is 4.74 Å². The van der Waals surface area contributed by atoms with Crippen molar-refractivity contribution in [2.45, 2.75) is 33.1 Å². The van der Waals surface area contributed by atoms with Crippen molar-refractivity contribution >= 4 is 5.97 Å². The van der Waals surface area contributed by atoms with Gasteiger partial charge in [-0.1, -0.05) is 20.8 Å². The first-order valence-corrected chi connectivity index (χ1v) is 4.54. The van der Waals surface area contributed by atoms with E-state index < -0.39 is 0 Å². The Labute approximate surface area is 84.1 Å². The van der Waals surface area contributed by atoms with Gasteiger partial charge in [-0.2, -0.15) is 0 Å². The van der Waals surface area contributed by atoms with Crippen LogP contribution in [0.5, 0.6) is 5.88 Å². The third kappa shape index (κ3) is 2.83. The van der Waals surface area contributed by atoms with Crippen molar-refractivity contribution in [2.24, 2.45) is 0 Å². The number of aromatic nitrogens is 1. The molecule has 0 spiro atoms. The molecular weight excluding hydrogens is 178 g/mol. The summed E-state index contributed by atoms with van der Waals surface area (Å²) < 4.78 is 4.90. The third-order valence-corrected chi connectivity index (χ3v) is 1.85. The Morgan fingerprint density at radius 1 is 1.43 bits per heavy atom. The second-order valence-electron chi connectivity index (χ2n) is 4.23. The number of pyridine rings is 1. The van der Waals surface area contributed by atoms with Crippen LogP contribution in [0.1, 0.15) is 33.3 Å². The van der Waals surface area contributed by atoms with Gasteiger partial charge in [0.05, 0.1) is 0 Å². The molecule has 0 amide bonds. The molecule has 0 aromatic carbocycles. The van der Waals surface area contributed by atoms with Crippen LogP contribution in [-0.4, -0.2) is 11.0 Å². The number of ether oxygens (including phenoxy) is 1. The van der Waals surface area contributed by atoms with E-state index in [9.17, 15) is 4.79 Å². The zero-order valence-corrected chi connectivity index (χ0v) is 9.00. The Morgan fingerprint density at radius 3 is 2.57 bits per heavy atom. The van der Waals surface area contributed by atoms with E-state index in [1.54, 1.807) is 12.3 Å². The van der Waals surface area contributed by atoms with Crippen LogP contribution in [0.4, 0.5) is 0 Å². The third-order valence-electron chi connectivity index (χ3n) is 1.85. The maximum atomic E-state index is 10.7. The highest BCUT2D eigenvalue weighted by molar-refractivity contribution is 5.68. The molecule has 3 heteroatoms. The second kappa shape index (κ2) is 3.78. The van der Waals surface area contributed by atoms with E-state index in [1.807, 2.05) is 6.07 Å². The summed E-state index contributed by atoms with van der Waals surface area (Å²) in [6.45, 7) is 7.66. The van der Waals surface area contributed by atoms with Gasteiger partial charge in [0.1, 0.15) is 0 Å². The molecule has 0 atom stereocenters. The molecule has 14 heavy (non-hydrogen) atoms. The Morgan fingerprint density at radius 2 is 2.07 bits per heavy atom. The maximum absolute atomic E-state index is 10.7. The maximum Gasteiger partial charge on any atom is 0.309 e. The zero-order valence-electron chi connectivity index (χ0n) is 9.00. The van der Waals surface area contributed by atoms with Crippen LogP contribution in [0.15, 0.2) is 18.3 Å². The van der Waals surface area contributed by atoms with E-state index in [1.165, 1.54) is 6.92 Å². The summed E-state index contributed by atoms with van der Waals surface area (Å²) in [5.41, 5.74) is 1.14. The Kier molecular flexibility index (Phi) is 2.89. The van der Waals surface area contributed by atoms with Crippen molar-refractivity contribution in [1.82, 2.24) is 4.98 Å². The number of nitrogens with zero attached hydrogens (tertiary/aromatic N) is 1. The minimum Gasteiger partial charge on any atom is -0.408 e. The molecule has 3 nitrogen and oxygen atoms in total. The largest absolute Gasteiger partial charge is 0.408 e. The fourth-order valence-electron chi connectivity index (χ4n) is 1.08. The second-order valence-corrected chi connectivity index (χ2v) is 4.23. The molecule has 0 N–H and O–H groups in total. The highest BCUT2D eigenvalue weighted by Gasteiger charge is 2.14. The lowest BCUT2D eigenvalue weighted by Crippen LogP contribution is -2.12. The quantitative estimate of drug-likeness (QED) is 0.642. The molecule has 1 aromatic rings. The summed E-state index contributed by atoms with van der Waals surface area (Å²) in [6, 6.07) is 3.72. The molecule has 76 valence electrons. The van der Waals surface area contributed by atoms with Gasteiger partial charge >= 0.3 is 5.97 Å². The van der Waals surface area contributed by atoms with Gasteiger partial charge in [0.2, 0.25) is 5.88 Å². The highest BCUT2D eigenvalue weighted by Crippen LogP contribution is 2.23. The molecule has 0 radical (unpaired) electrons. The van der Waals surface area contributed by atoms with Crippen LogP contribution >= 0.6 is 0 Å². The summed E-state index contributed by atoms with van der Waals surface area (Å²) in [7, 11) is 0. The molecule has 0 aliphatic carbocycles. The van der Waals surface area contributed by atoms with Gasteiger partial charge < -0.3 is 4.74 Å². The van der Waals surface area contributed by atoms with Crippen molar-refractivity contribution < 1.29 is 9.53 Å². The molecule has 0 bridgehead atoms. The lowest BCUT2D eigenvalue weighted by molar-refractivity contribution is -0.132. The normalized spacial score (nSPS) is 11.1. The first kappa shape index (κ1) is 10.7. The van der Waals surface area contributed by atoms with Crippen LogP contribution in [-0.2, 0) is 10.2 Å². The van der Waals surface area contributed by atoms with Gasteiger partial charge in [-0.25, -0.2) is 4.98 Å². The lowest BCUT2D eigenvalue weighted by atomic mass is 9.88. The molecule has 0 saturated carbocycles. The molecule has 0 saturated heterocycles. The summed E-state index contributed by atoms with van der Waals surface area (Å²) in [6.07, 6.45) is 1.65. The van der Waals surface area contributed by atoms with Crippen molar-refractivity contribution in [3.63, 3.8) is 0 Å². The van der Waals surface area contributed by atoms with E-state index in [4.69, 9.17) is 4.74 Å². The molecule has 0 aliphatic heterocycles. The average molecular weight is 193 g/mol. The summed E-state index contributed by atoms with van der Waals surface area (Å²) >= 11 is 0. The van der Waals surface area contributed by atoms with E-state index in [-0.39, 0.29) is 11.4 Å². The number of carbonyl (C=O) groups is 1. The van der Waals surface area contributed by atoms with Gasteiger partial charge in [-0.05, 0) is 17.0 Å². The fourth-order valence-corrected chi connectivity index (χ4v) is 1.08. The topological polar surface area (TPSA) is 39.2 Å². The first-order chi connectivity index (χ1) is 6.39. The summed E-state index contributed by atoms with van der Waals surface area (Å²) in [4.78, 5) is 14.7. The van der Waals surface area contributed by atoms with Crippen LogP contribution in [0.2, 0.25) is 0 Å². The highest BCUT2D eigenvalue weighted by atomic mass is 16.5. The van der Waals surface area contributed by atoms with Gasteiger partial charge in [-0.3, -0.25) is 4.79 Å². The minimum atomic E-state index is -0.344. The van der Waals surface area contributed by atoms with Crippen molar-refractivity contribution in [1.29, 1.82) is 0 Å². The van der Waals surface area contributed by atoms with Crippen LogP contribution in [0.25, 0.3) is 0 Å². The monoisotopic (exact) mass is 193 g/mol. The molecule has 0 unspecified atom stereocenters. The number of hydrogen-bond donors (Lipinski definition) is 0. The van der Waals surface area contributed by atoms with Crippen molar-refractivity contribution in [3.8, 4) is 5.88 Å². The minimum absolute atomic E-state index is 0.0395. The molecular formula is C11H15NO2. The van der Waals surface area contributed by atoms with Crippen molar-refractivity contribution in [2.75, 3.05) is 0 Å². The predicted octanol–water partition coefficient (Wildman–Crippen LogP) is 2.30. The van der Waals surface area contributed by atoms with Gasteiger partial charge in [0.25, 0.3) is 0 Å². The SMILES string of the molecule is CC(=O)Oc1cc(C(C)(C)C)ccn1. The Bertz CT molecular complexity index is 339. The fraction of sp³-hybridized carbons (Fsp3) is 0.455. The zero-order chi connectivity index (χ0) is 10.8. The smallest absolute Gasteiger partial charge is 0.309 e. The van der Waals surface area contributed by atoms with E-state index in [0.29, 0.717) is 5.88 Å².